The van der Waals surface area contributed by atoms with Crippen LogP contribution in [0.15, 0.2) is 42.9 Å². The Kier molecular flexibility index (Phi) is 2.83. The molecular weight excluding hydrogens is 256 g/mol. The first-order chi connectivity index (χ1) is 9.70. The highest BCUT2D eigenvalue weighted by atomic mass is 16.5. The SMILES string of the molecule is COC(=O)c1ccc(-c2nc3cnccn3c2N)cc1. The van der Waals surface area contributed by atoms with Gasteiger partial charge in [-0.05, 0) is 12.1 Å². The van der Waals surface area contributed by atoms with Crippen LogP contribution in [0.4, 0.5) is 5.82 Å². The van der Waals surface area contributed by atoms with Crippen LogP contribution in [-0.2, 0) is 4.74 Å². The van der Waals surface area contributed by atoms with Crippen LogP contribution < -0.4 is 5.73 Å². The van der Waals surface area contributed by atoms with Gasteiger partial charge in [-0.15, -0.1) is 0 Å². The summed E-state index contributed by atoms with van der Waals surface area (Å²) in [5, 5.41) is 0. The molecule has 6 heteroatoms. The average Bonchev–Trinajstić information content (AvgIpc) is 2.84. The molecule has 0 bridgehead atoms. The third kappa shape index (κ3) is 1.87. The van der Waals surface area contributed by atoms with Gasteiger partial charge in [0.1, 0.15) is 11.5 Å². The van der Waals surface area contributed by atoms with Gasteiger partial charge in [0.25, 0.3) is 0 Å². The van der Waals surface area contributed by atoms with Crippen molar-refractivity contribution in [2.75, 3.05) is 12.8 Å². The first-order valence-corrected chi connectivity index (χ1v) is 5.97. The van der Waals surface area contributed by atoms with E-state index in [0.29, 0.717) is 22.7 Å². The van der Waals surface area contributed by atoms with Crippen molar-refractivity contribution >= 4 is 17.4 Å². The summed E-state index contributed by atoms with van der Waals surface area (Å²) < 4.78 is 6.42. The van der Waals surface area contributed by atoms with Crippen molar-refractivity contribution in [3.8, 4) is 11.3 Å². The van der Waals surface area contributed by atoms with Gasteiger partial charge in [-0.1, -0.05) is 12.1 Å². The molecule has 6 nitrogen and oxygen atoms in total. The zero-order chi connectivity index (χ0) is 14.1. The van der Waals surface area contributed by atoms with E-state index in [4.69, 9.17) is 5.73 Å². The van der Waals surface area contributed by atoms with E-state index in [1.807, 2.05) is 0 Å². The summed E-state index contributed by atoms with van der Waals surface area (Å²) >= 11 is 0. The summed E-state index contributed by atoms with van der Waals surface area (Å²) in [6, 6.07) is 6.95. The lowest BCUT2D eigenvalue weighted by Gasteiger charge is -2.02. The number of benzene rings is 1. The van der Waals surface area contributed by atoms with Crippen molar-refractivity contribution in [1.82, 2.24) is 14.4 Å². The zero-order valence-corrected chi connectivity index (χ0v) is 10.8. The van der Waals surface area contributed by atoms with Gasteiger partial charge in [-0.3, -0.25) is 9.38 Å². The number of fused-ring (bicyclic) bond motifs is 1. The fraction of sp³-hybridized carbons (Fsp3) is 0.0714. The van der Waals surface area contributed by atoms with Crippen molar-refractivity contribution in [3.63, 3.8) is 0 Å². The van der Waals surface area contributed by atoms with Gasteiger partial charge >= 0.3 is 5.97 Å². The predicted octanol–water partition coefficient (Wildman–Crippen LogP) is 1.77. The molecular formula is C14H12N4O2. The summed E-state index contributed by atoms with van der Waals surface area (Å²) in [6.07, 6.45) is 5.04. The Hall–Kier alpha value is -2.89. The second kappa shape index (κ2) is 4.65. The van der Waals surface area contributed by atoms with Crippen LogP contribution in [0.25, 0.3) is 16.9 Å². The number of nitrogens with zero attached hydrogens (tertiary/aromatic N) is 3. The van der Waals surface area contributed by atoms with E-state index in [2.05, 4.69) is 14.7 Å². The van der Waals surface area contributed by atoms with Crippen LogP contribution in [0, 0.1) is 0 Å². The molecule has 0 aliphatic heterocycles. The minimum absolute atomic E-state index is 0.372. The Labute approximate surface area is 114 Å². The normalized spacial score (nSPS) is 10.7. The van der Waals surface area contributed by atoms with Gasteiger partial charge in [0.15, 0.2) is 5.65 Å². The number of nitrogen functional groups attached to an aromatic ring is 1. The van der Waals surface area contributed by atoms with Crippen LogP contribution in [-0.4, -0.2) is 27.4 Å². The number of imidazole rings is 1. The summed E-state index contributed by atoms with van der Waals surface area (Å²) in [5.41, 5.74) is 8.73. The fourth-order valence-electron chi connectivity index (χ4n) is 2.02. The molecule has 0 aliphatic carbocycles. The van der Waals surface area contributed by atoms with Gasteiger partial charge in [-0.25, -0.2) is 9.78 Å². The fourth-order valence-corrected chi connectivity index (χ4v) is 2.02. The molecule has 2 aromatic heterocycles. The molecule has 2 N–H and O–H groups in total. The highest BCUT2D eigenvalue weighted by Gasteiger charge is 2.12. The number of hydrogen-bond donors (Lipinski definition) is 1. The molecule has 0 unspecified atom stereocenters. The van der Waals surface area contributed by atoms with Crippen LogP contribution in [0.5, 0.6) is 0 Å². The molecule has 2 heterocycles. The smallest absolute Gasteiger partial charge is 0.337 e. The Morgan fingerprint density at radius 1 is 1.30 bits per heavy atom. The maximum Gasteiger partial charge on any atom is 0.337 e. The summed E-state index contributed by atoms with van der Waals surface area (Å²) in [6.45, 7) is 0. The predicted molar refractivity (Wildman–Crippen MR) is 74.2 cm³/mol. The second-order valence-electron chi connectivity index (χ2n) is 4.22. The lowest BCUT2D eigenvalue weighted by Crippen LogP contribution is -2.00. The number of anilines is 1. The number of carbonyl (C=O) groups is 1. The molecule has 100 valence electrons. The van der Waals surface area contributed by atoms with Crippen LogP contribution >= 0.6 is 0 Å². The molecule has 20 heavy (non-hydrogen) atoms. The average molecular weight is 268 g/mol. The molecule has 1 aromatic carbocycles. The molecule has 0 fully saturated rings. The molecule has 0 radical (unpaired) electrons. The summed E-state index contributed by atoms with van der Waals surface area (Å²) in [4.78, 5) is 19.8. The number of hydrogen-bond acceptors (Lipinski definition) is 5. The minimum atomic E-state index is -0.372. The standard InChI is InChI=1S/C14H12N4O2/c1-20-14(19)10-4-2-9(3-5-10)12-13(15)18-7-6-16-8-11(18)17-12/h2-8H,15H2,1H3. The van der Waals surface area contributed by atoms with Crippen molar-refractivity contribution in [2.45, 2.75) is 0 Å². The van der Waals surface area contributed by atoms with Crippen LogP contribution in [0.3, 0.4) is 0 Å². The molecule has 0 spiro atoms. The minimum Gasteiger partial charge on any atom is -0.465 e. The van der Waals surface area contributed by atoms with Gasteiger partial charge in [0, 0.05) is 18.0 Å². The molecule has 0 amide bonds. The quantitative estimate of drug-likeness (QED) is 0.716. The first-order valence-electron chi connectivity index (χ1n) is 5.97. The number of aromatic nitrogens is 3. The topological polar surface area (TPSA) is 82.5 Å². The van der Waals surface area contributed by atoms with E-state index in [0.717, 1.165) is 5.56 Å². The largest absolute Gasteiger partial charge is 0.465 e. The number of nitrogens with two attached hydrogens (primary N) is 1. The van der Waals surface area contributed by atoms with E-state index >= 15 is 0 Å². The van der Waals surface area contributed by atoms with Crippen LogP contribution in [0.2, 0.25) is 0 Å². The molecule has 3 aromatic rings. The zero-order valence-electron chi connectivity index (χ0n) is 10.8. The van der Waals surface area contributed by atoms with E-state index in [1.165, 1.54) is 7.11 Å². The molecule has 0 atom stereocenters. The van der Waals surface area contributed by atoms with Gasteiger partial charge in [0.05, 0.1) is 18.9 Å². The highest BCUT2D eigenvalue weighted by Crippen LogP contribution is 2.26. The second-order valence-corrected chi connectivity index (χ2v) is 4.22. The highest BCUT2D eigenvalue weighted by molar-refractivity contribution is 5.90. The number of rotatable bonds is 2. The van der Waals surface area contributed by atoms with Gasteiger partial charge < -0.3 is 10.5 Å². The van der Waals surface area contributed by atoms with Crippen molar-refractivity contribution in [3.05, 3.63) is 48.4 Å². The summed E-state index contributed by atoms with van der Waals surface area (Å²) in [5.74, 6) is 0.164. The maximum absolute atomic E-state index is 11.4. The Morgan fingerprint density at radius 2 is 2.05 bits per heavy atom. The van der Waals surface area contributed by atoms with E-state index in [1.54, 1.807) is 47.3 Å². The first kappa shape index (κ1) is 12.2. The third-order valence-electron chi connectivity index (χ3n) is 3.05. The lowest BCUT2D eigenvalue weighted by molar-refractivity contribution is 0.0601. The van der Waals surface area contributed by atoms with E-state index < -0.39 is 0 Å². The van der Waals surface area contributed by atoms with E-state index in [-0.39, 0.29) is 5.97 Å². The maximum atomic E-state index is 11.4. The molecule has 3 rings (SSSR count). The van der Waals surface area contributed by atoms with Crippen molar-refractivity contribution < 1.29 is 9.53 Å². The van der Waals surface area contributed by atoms with E-state index in [9.17, 15) is 4.79 Å². The Morgan fingerprint density at radius 3 is 2.70 bits per heavy atom. The third-order valence-corrected chi connectivity index (χ3v) is 3.05. The Bertz CT molecular complexity index is 777. The molecule has 0 aliphatic rings. The van der Waals surface area contributed by atoms with Crippen molar-refractivity contribution in [1.29, 1.82) is 0 Å². The molecule has 0 saturated carbocycles. The van der Waals surface area contributed by atoms with Crippen molar-refractivity contribution in [2.24, 2.45) is 0 Å². The number of ether oxygens (including phenoxy) is 1. The Balaban J connectivity index is 2.07. The summed E-state index contributed by atoms with van der Waals surface area (Å²) in [7, 11) is 1.35. The van der Waals surface area contributed by atoms with Crippen LogP contribution in [0.1, 0.15) is 10.4 Å². The monoisotopic (exact) mass is 268 g/mol. The lowest BCUT2D eigenvalue weighted by atomic mass is 10.1. The molecule has 0 saturated heterocycles. The van der Waals surface area contributed by atoms with Gasteiger partial charge in [-0.2, -0.15) is 0 Å². The number of carbonyl (C=O) groups excluding carboxylic acids is 1. The number of methoxy groups -OCH3 is 1. The number of esters is 1. The van der Waals surface area contributed by atoms with Gasteiger partial charge in [0.2, 0.25) is 0 Å².